The van der Waals surface area contributed by atoms with Gasteiger partial charge in [0, 0.05) is 0 Å². The maximum atomic E-state index is 4.78. The van der Waals surface area contributed by atoms with Crippen molar-refractivity contribution in [2.75, 3.05) is 33.7 Å². The third-order valence-electron chi connectivity index (χ3n) is 5.68. The van der Waals surface area contributed by atoms with Gasteiger partial charge < -0.3 is 10.2 Å². The minimum Gasteiger partial charge on any atom is -0.331 e. The Morgan fingerprint density at radius 1 is 0.500 bits per heavy atom. The molecule has 0 radical (unpaired) electrons. The van der Waals surface area contributed by atoms with Gasteiger partial charge in [-0.15, -0.1) is 24.0 Å². The highest BCUT2D eigenvalue weighted by molar-refractivity contribution is 6.17. The number of halogens is 2. The van der Waals surface area contributed by atoms with E-state index in [2.05, 4.69) is 33.8 Å². The summed E-state index contributed by atoms with van der Waals surface area (Å²) in [6.45, 7) is 3.63. The first-order chi connectivity index (χ1) is 14.0. The lowest BCUT2D eigenvalue weighted by Gasteiger charge is -2.23. The molecule has 0 saturated heterocycles. The molecule has 0 bridgehead atoms. The molecule has 0 spiro atoms. The van der Waals surface area contributed by atoms with Gasteiger partial charge in [0.25, 0.3) is 0 Å². The van der Waals surface area contributed by atoms with Crippen LogP contribution in [0, 0.1) is 0 Å². The van der Waals surface area contributed by atoms with Gasteiger partial charge in [-0.1, -0.05) is 122 Å². The fraction of sp³-hybridized carbons (Fsp3) is 1.00. The molecule has 186 valence electrons. The Kier molecular flexibility index (Phi) is 34.5. The van der Waals surface area contributed by atoms with E-state index in [1.807, 2.05) is 0 Å². The smallest absolute Gasteiger partial charge is 0.0780 e. The summed E-state index contributed by atoms with van der Waals surface area (Å²) in [7, 11) is 6.90. The number of hydrogen-bond donors (Lipinski definition) is 1. The van der Waals surface area contributed by atoms with Crippen LogP contribution in [0.1, 0.15) is 135 Å². The molecule has 0 atom stereocenters. The van der Waals surface area contributed by atoms with E-state index in [0.717, 1.165) is 4.48 Å². The van der Waals surface area contributed by atoms with Gasteiger partial charge in [0.2, 0.25) is 0 Å². The number of nitrogens with two attached hydrogens (primary N) is 1. The molecule has 0 saturated carbocycles. The summed E-state index contributed by atoms with van der Waals surface area (Å²) >= 11 is 4.78. The Bertz CT molecular complexity index is 281. The van der Waals surface area contributed by atoms with Crippen LogP contribution in [-0.4, -0.2) is 38.2 Å². The summed E-state index contributed by atoms with van der Waals surface area (Å²) in [6.07, 6.45) is 29.3. The fourth-order valence-electron chi connectivity index (χ4n) is 3.84. The van der Waals surface area contributed by atoms with Gasteiger partial charge in [-0.25, -0.2) is 0 Å². The van der Waals surface area contributed by atoms with E-state index >= 15 is 0 Å². The first-order valence-electron chi connectivity index (χ1n) is 13.0. The van der Waals surface area contributed by atoms with Gasteiger partial charge in [-0.3, -0.25) is 0 Å². The fourth-order valence-corrected chi connectivity index (χ4v) is 3.84. The number of rotatable bonds is 21. The van der Waals surface area contributed by atoms with Gasteiger partial charge in [0.1, 0.15) is 0 Å². The summed E-state index contributed by atoms with van der Waals surface area (Å²) in [4.78, 5) is 0. The maximum absolute atomic E-state index is 4.78. The summed E-state index contributed by atoms with van der Waals surface area (Å²) in [5.41, 5.74) is 4.61. The lowest BCUT2D eigenvalue weighted by molar-refractivity contribution is -0.870. The Balaban J connectivity index is -0.00000171. The summed E-state index contributed by atoms with van der Waals surface area (Å²) in [6, 6.07) is 0.222. The Morgan fingerprint density at radius 2 is 0.700 bits per heavy atom. The highest BCUT2D eigenvalue weighted by Crippen LogP contribution is 2.14. The zero-order chi connectivity index (χ0) is 22.1. The molecule has 0 aliphatic heterocycles. The van der Waals surface area contributed by atoms with Crippen molar-refractivity contribution in [2.45, 2.75) is 135 Å². The molecule has 0 aromatic carbocycles. The molecule has 4 heteroatoms. The van der Waals surface area contributed by atoms with E-state index in [-0.39, 0.29) is 18.4 Å². The quantitative estimate of drug-likeness (QED) is 0.0770. The van der Waals surface area contributed by atoms with Crippen LogP contribution in [0.3, 0.4) is 0 Å². The van der Waals surface area contributed by atoms with Crippen molar-refractivity contribution >= 4 is 24.0 Å². The molecule has 0 fully saturated rings. The van der Waals surface area contributed by atoms with E-state index in [0.29, 0.717) is 0 Å². The third-order valence-corrected chi connectivity index (χ3v) is 5.68. The van der Waals surface area contributed by atoms with Gasteiger partial charge >= 0.3 is 0 Å². The van der Waals surface area contributed by atoms with Crippen molar-refractivity contribution in [1.82, 2.24) is 0 Å². The molecule has 0 heterocycles. The minimum atomic E-state index is 0. The summed E-state index contributed by atoms with van der Waals surface area (Å²) in [5.74, 6) is 0. The lowest BCUT2D eigenvalue weighted by Crippen LogP contribution is -2.35. The monoisotopic (exact) mass is 469 g/mol. The van der Waals surface area contributed by atoms with Crippen molar-refractivity contribution in [2.24, 2.45) is 5.73 Å². The van der Waals surface area contributed by atoms with Crippen LogP contribution in [0.5, 0.6) is 0 Å². The normalized spacial score (nSPS) is 11.0. The molecule has 0 aliphatic rings. The van der Waals surface area contributed by atoms with E-state index < -0.39 is 0 Å². The second-order valence-corrected chi connectivity index (χ2v) is 10.2. The zero-order valence-corrected chi connectivity index (χ0v) is 22.9. The first-order valence-corrected chi connectivity index (χ1v) is 13.6. The first kappa shape index (κ1) is 35.1. The van der Waals surface area contributed by atoms with Gasteiger partial charge in [-0.2, -0.15) is 0 Å². The van der Waals surface area contributed by atoms with Crippen LogP contribution >= 0.6 is 24.0 Å². The summed E-state index contributed by atoms with van der Waals surface area (Å²) in [5, 5.41) is 0. The number of unbranched alkanes of at least 4 members (excludes halogenated alkanes) is 19. The van der Waals surface area contributed by atoms with Gasteiger partial charge in [0.05, 0.1) is 33.7 Å². The lowest BCUT2D eigenvalue weighted by atomic mass is 10.0. The van der Waals surface area contributed by atoms with E-state index in [1.54, 1.807) is 0 Å². The molecule has 0 amide bonds. The Morgan fingerprint density at radius 3 is 0.900 bits per heavy atom. The predicted molar refractivity (Wildman–Crippen MR) is 143 cm³/mol. The SMILES string of the molecule is CCCCCCCCCCCCCCCCCCCCCC[N+](C)(C)C.Cl.NCCl. The molecular weight excluding hydrogens is 411 g/mol. The maximum Gasteiger partial charge on any atom is 0.0780 e. The van der Waals surface area contributed by atoms with Gasteiger partial charge in [-0.05, 0) is 12.8 Å². The average Bonchev–Trinajstić information content (AvgIpc) is 2.66. The highest BCUT2D eigenvalue weighted by Gasteiger charge is 2.04. The number of nitrogens with zero attached hydrogens (tertiary/aromatic N) is 1. The van der Waals surface area contributed by atoms with Crippen LogP contribution < -0.4 is 5.73 Å². The molecule has 2 N–H and O–H groups in total. The molecule has 0 aromatic rings. The summed E-state index contributed by atoms with van der Waals surface area (Å²) < 4.78 is 1.12. The van der Waals surface area contributed by atoms with Crippen molar-refractivity contribution in [3.05, 3.63) is 0 Å². The molecule has 0 unspecified atom stereocenters. The van der Waals surface area contributed by atoms with Crippen molar-refractivity contribution in [3.63, 3.8) is 0 Å². The van der Waals surface area contributed by atoms with E-state index in [4.69, 9.17) is 11.6 Å². The van der Waals surface area contributed by atoms with Crippen LogP contribution in [0.4, 0.5) is 0 Å². The highest BCUT2D eigenvalue weighted by atomic mass is 35.5. The Labute approximate surface area is 203 Å². The zero-order valence-electron chi connectivity index (χ0n) is 21.4. The average molecular weight is 471 g/mol. The van der Waals surface area contributed by atoms with Crippen molar-refractivity contribution in [3.8, 4) is 0 Å². The van der Waals surface area contributed by atoms with E-state index in [1.165, 1.54) is 135 Å². The third kappa shape index (κ3) is 39.0. The molecular formula is C26H59Cl2N2+. The predicted octanol–water partition coefficient (Wildman–Crippen LogP) is 9.08. The van der Waals surface area contributed by atoms with Crippen molar-refractivity contribution < 1.29 is 4.48 Å². The Hall–Kier alpha value is 0.500. The van der Waals surface area contributed by atoms with E-state index in [9.17, 15) is 0 Å². The topological polar surface area (TPSA) is 26.0 Å². The largest absolute Gasteiger partial charge is 0.331 e. The standard InChI is InChI=1S/C25H54N.CH4ClN.ClH/c1-5-6-7-8-9-10-11-12-13-14-15-16-17-18-19-20-21-22-23-24-25-26(2,3)4;2-1-3;/h5-25H2,1-4H3;1,3H2;1H/q+1;;. The molecule has 0 rings (SSSR count). The number of hydrogen-bond acceptors (Lipinski definition) is 1. The van der Waals surface area contributed by atoms with Crippen molar-refractivity contribution in [1.29, 1.82) is 0 Å². The van der Waals surface area contributed by atoms with Crippen LogP contribution in [0.25, 0.3) is 0 Å². The van der Waals surface area contributed by atoms with Crippen LogP contribution in [-0.2, 0) is 0 Å². The molecule has 0 aliphatic carbocycles. The molecule has 30 heavy (non-hydrogen) atoms. The van der Waals surface area contributed by atoms with Gasteiger partial charge in [0.15, 0.2) is 0 Å². The second-order valence-electron chi connectivity index (χ2n) is 9.89. The van der Waals surface area contributed by atoms with Crippen LogP contribution in [0.15, 0.2) is 0 Å². The van der Waals surface area contributed by atoms with Crippen LogP contribution in [0.2, 0.25) is 0 Å². The molecule has 0 aromatic heterocycles. The minimum absolute atomic E-state index is 0. The number of quaternary nitrogens is 1. The molecule has 2 nitrogen and oxygen atoms in total. The number of alkyl halides is 1. The second kappa shape index (κ2) is 29.5.